The van der Waals surface area contributed by atoms with Gasteiger partial charge in [-0.15, -0.1) is 0 Å². The van der Waals surface area contributed by atoms with E-state index in [1.807, 2.05) is 6.07 Å². The van der Waals surface area contributed by atoms with E-state index in [0.717, 1.165) is 6.07 Å². The quantitative estimate of drug-likeness (QED) is 0.439. The number of benzene rings is 1. The Morgan fingerprint density at radius 3 is 2.63 bits per heavy atom. The van der Waals surface area contributed by atoms with Gasteiger partial charge in [0.1, 0.15) is 35.1 Å². The third-order valence-electron chi connectivity index (χ3n) is 4.28. The molecule has 1 atom stereocenters. The van der Waals surface area contributed by atoms with Gasteiger partial charge in [-0.3, -0.25) is 5.32 Å². The second kappa shape index (κ2) is 7.67. The number of nitriles is 2. The molecule has 1 unspecified atom stereocenters. The van der Waals surface area contributed by atoms with Crippen LogP contribution in [-0.4, -0.2) is 17.6 Å². The zero-order valence-electron chi connectivity index (χ0n) is 15.5. The van der Waals surface area contributed by atoms with Crippen molar-refractivity contribution in [3.8, 4) is 18.0 Å². The van der Waals surface area contributed by atoms with Gasteiger partial charge in [0.05, 0.1) is 17.9 Å². The molecule has 1 aliphatic rings. The molecule has 1 aromatic heterocycles. The maximum Gasteiger partial charge on any atom is 0.419 e. The van der Waals surface area contributed by atoms with E-state index in [-0.39, 0.29) is 52.3 Å². The number of hydrogen-bond acceptors (Lipinski definition) is 9. The van der Waals surface area contributed by atoms with E-state index >= 15 is 0 Å². The van der Waals surface area contributed by atoms with Crippen molar-refractivity contribution in [3.05, 3.63) is 40.5 Å². The number of guanidine groups is 1. The van der Waals surface area contributed by atoms with Gasteiger partial charge >= 0.3 is 6.18 Å². The summed E-state index contributed by atoms with van der Waals surface area (Å²) in [6.07, 6.45) is -3.02. The second-order valence-electron chi connectivity index (χ2n) is 6.09. The topological polar surface area (TPSA) is 158 Å². The van der Waals surface area contributed by atoms with E-state index in [0.29, 0.717) is 0 Å². The molecule has 0 radical (unpaired) electrons. The van der Waals surface area contributed by atoms with Crippen LogP contribution in [0.5, 0.6) is 5.75 Å². The first-order valence-electron chi connectivity index (χ1n) is 8.54. The van der Waals surface area contributed by atoms with Crippen LogP contribution in [0.1, 0.15) is 35.2 Å². The highest BCUT2D eigenvalue weighted by molar-refractivity contribution is 5.98. The first kappa shape index (κ1) is 20.5. The van der Waals surface area contributed by atoms with Crippen molar-refractivity contribution in [2.45, 2.75) is 19.1 Å². The predicted octanol–water partition coefficient (Wildman–Crippen LogP) is 2.48. The molecule has 0 spiro atoms. The van der Waals surface area contributed by atoms with Crippen LogP contribution in [-0.2, 0) is 6.18 Å². The average Bonchev–Trinajstić information content (AvgIpc) is 2.67. The third-order valence-corrected chi connectivity index (χ3v) is 4.28. The molecule has 2 aromatic rings. The highest BCUT2D eigenvalue weighted by Crippen LogP contribution is 2.43. The summed E-state index contributed by atoms with van der Waals surface area (Å²) in [5.74, 6) is -0.484. The second-order valence-corrected chi connectivity index (χ2v) is 6.09. The molecule has 1 aromatic carbocycles. The van der Waals surface area contributed by atoms with E-state index in [1.54, 1.807) is 13.1 Å². The number of pyridine rings is 1. The maximum absolute atomic E-state index is 13.6. The Morgan fingerprint density at radius 1 is 1.30 bits per heavy atom. The van der Waals surface area contributed by atoms with Gasteiger partial charge in [-0.25, -0.2) is 9.98 Å². The van der Waals surface area contributed by atoms with Crippen LogP contribution in [0.3, 0.4) is 0 Å². The lowest BCUT2D eigenvalue weighted by Gasteiger charge is -2.27. The normalized spacial score (nSPS) is 15.1. The SMILES string of the molecule is CCOc1ccc(C2N=C(NC#N)Nc3nc(N)c(C#N)c(N)c32)cc1C(F)(F)F. The van der Waals surface area contributed by atoms with Crippen molar-refractivity contribution < 1.29 is 17.9 Å². The summed E-state index contributed by atoms with van der Waals surface area (Å²) in [5, 5.41) is 23.2. The fourth-order valence-electron chi connectivity index (χ4n) is 3.04. The summed E-state index contributed by atoms with van der Waals surface area (Å²) in [5.41, 5.74) is 10.9. The summed E-state index contributed by atoms with van der Waals surface area (Å²) >= 11 is 0. The Morgan fingerprint density at radius 2 is 2.03 bits per heavy atom. The van der Waals surface area contributed by atoms with Gasteiger partial charge in [0.15, 0.2) is 6.19 Å². The molecule has 0 bridgehead atoms. The monoisotopic (exact) mass is 416 g/mol. The lowest BCUT2D eigenvalue weighted by atomic mass is 9.93. The van der Waals surface area contributed by atoms with Crippen molar-refractivity contribution in [1.82, 2.24) is 10.3 Å². The minimum Gasteiger partial charge on any atom is -0.493 e. The molecule has 9 nitrogen and oxygen atoms in total. The van der Waals surface area contributed by atoms with Crippen molar-refractivity contribution in [2.75, 3.05) is 23.4 Å². The van der Waals surface area contributed by atoms with Gasteiger partial charge in [-0.1, -0.05) is 6.07 Å². The Labute approximate surface area is 168 Å². The number of halogens is 3. The molecule has 2 heterocycles. The molecule has 6 N–H and O–H groups in total. The summed E-state index contributed by atoms with van der Waals surface area (Å²) < 4.78 is 45.8. The molecular weight excluding hydrogens is 401 g/mol. The number of nitrogens with zero attached hydrogens (tertiary/aromatic N) is 4. The summed E-state index contributed by atoms with van der Waals surface area (Å²) in [6.45, 7) is 1.62. The van der Waals surface area contributed by atoms with E-state index in [9.17, 15) is 18.4 Å². The number of nitrogens with one attached hydrogen (secondary N) is 2. The predicted molar refractivity (Wildman–Crippen MR) is 102 cm³/mol. The van der Waals surface area contributed by atoms with Gasteiger partial charge < -0.3 is 21.5 Å². The van der Waals surface area contributed by atoms with Crippen LogP contribution in [0.15, 0.2) is 23.2 Å². The first-order valence-corrected chi connectivity index (χ1v) is 8.54. The van der Waals surface area contributed by atoms with E-state index in [2.05, 4.69) is 20.6 Å². The van der Waals surface area contributed by atoms with Crippen LogP contribution in [0.25, 0.3) is 0 Å². The van der Waals surface area contributed by atoms with Crippen LogP contribution >= 0.6 is 0 Å². The van der Waals surface area contributed by atoms with Crippen molar-refractivity contribution >= 4 is 23.3 Å². The third kappa shape index (κ3) is 3.58. The maximum atomic E-state index is 13.6. The van der Waals surface area contributed by atoms with Gasteiger partial charge in [-0.05, 0) is 24.6 Å². The van der Waals surface area contributed by atoms with Crippen LogP contribution in [0.4, 0.5) is 30.5 Å². The number of ether oxygens (including phenoxy) is 1. The molecule has 12 heteroatoms. The highest BCUT2D eigenvalue weighted by Gasteiger charge is 2.37. The highest BCUT2D eigenvalue weighted by atomic mass is 19.4. The molecular formula is C18H15F3N8O. The van der Waals surface area contributed by atoms with Gasteiger partial charge in [0.2, 0.25) is 5.96 Å². The standard InChI is InChI=1S/C18H15F3N8O/c1-2-30-11-4-3-8(5-10(11)18(19,20)21)14-12-13(24)9(6-22)15(25)28-16(12)29-17(27-14)26-7-23/h3-5,14H,2H2,1H3,(H6,24,25,26,27,28,29). The first-order chi connectivity index (χ1) is 14.2. The summed E-state index contributed by atoms with van der Waals surface area (Å²) in [6, 6.07) is 4.21. The summed E-state index contributed by atoms with van der Waals surface area (Å²) in [4.78, 5) is 8.30. The molecule has 0 aliphatic carbocycles. The lowest BCUT2D eigenvalue weighted by Crippen LogP contribution is -2.32. The Hall–Kier alpha value is -4.19. The van der Waals surface area contributed by atoms with Crippen LogP contribution in [0, 0.1) is 22.8 Å². The molecule has 0 saturated heterocycles. The number of fused-ring (bicyclic) bond motifs is 1. The number of hydrogen-bond donors (Lipinski definition) is 4. The van der Waals surface area contributed by atoms with Crippen molar-refractivity contribution in [3.63, 3.8) is 0 Å². The van der Waals surface area contributed by atoms with E-state index in [1.165, 1.54) is 12.1 Å². The molecule has 3 rings (SSSR count). The molecule has 0 saturated carbocycles. The molecule has 30 heavy (non-hydrogen) atoms. The van der Waals surface area contributed by atoms with Gasteiger partial charge in [0.25, 0.3) is 0 Å². The van der Waals surface area contributed by atoms with Gasteiger partial charge in [0, 0.05) is 5.56 Å². The molecule has 154 valence electrons. The zero-order valence-corrected chi connectivity index (χ0v) is 15.5. The Kier molecular flexibility index (Phi) is 5.26. The molecule has 0 amide bonds. The minimum atomic E-state index is -4.68. The number of anilines is 3. The fraction of sp³-hybridized carbons (Fsp3) is 0.222. The number of nitrogens with two attached hydrogens (primary N) is 2. The smallest absolute Gasteiger partial charge is 0.419 e. The number of aromatic nitrogens is 1. The number of alkyl halides is 3. The fourth-order valence-corrected chi connectivity index (χ4v) is 3.04. The largest absolute Gasteiger partial charge is 0.493 e. The summed E-state index contributed by atoms with van der Waals surface area (Å²) in [7, 11) is 0. The number of aliphatic imine (C=N–C) groups is 1. The number of nitrogen functional groups attached to an aromatic ring is 2. The van der Waals surface area contributed by atoms with E-state index < -0.39 is 17.8 Å². The van der Waals surface area contributed by atoms with Gasteiger partial charge in [-0.2, -0.15) is 23.7 Å². The molecule has 0 fully saturated rings. The van der Waals surface area contributed by atoms with Crippen LogP contribution in [0.2, 0.25) is 0 Å². The van der Waals surface area contributed by atoms with E-state index in [4.69, 9.17) is 21.5 Å². The Bertz CT molecular complexity index is 1110. The zero-order chi connectivity index (χ0) is 22.1. The number of rotatable bonds is 3. The molecule has 1 aliphatic heterocycles. The minimum absolute atomic E-state index is 0.0503. The van der Waals surface area contributed by atoms with Crippen molar-refractivity contribution in [2.24, 2.45) is 4.99 Å². The van der Waals surface area contributed by atoms with Crippen molar-refractivity contribution in [1.29, 1.82) is 10.5 Å². The lowest BCUT2D eigenvalue weighted by molar-refractivity contribution is -0.139. The van der Waals surface area contributed by atoms with Crippen LogP contribution < -0.4 is 26.8 Å². The Balaban J connectivity index is 2.25. The average molecular weight is 416 g/mol.